The Bertz CT molecular complexity index is 907. The van der Waals surface area contributed by atoms with Crippen molar-refractivity contribution in [3.63, 3.8) is 0 Å². The summed E-state index contributed by atoms with van der Waals surface area (Å²) in [5.41, 5.74) is 13.4. The van der Waals surface area contributed by atoms with E-state index in [0.717, 1.165) is 44.9 Å². The SMILES string of the molecule is NC(=S)[N+]1(Cc2cccc(OCCCn3nc(N4CCOCC4)nc3N)c2)CCCCC1. The quantitative estimate of drug-likeness (QED) is 0.350. The van der Waals surface area contributed by atoms with Gasteiger partial charge in [-0.2, -0.15) is 4.98 Å². The number of rotatable bonds is 8. The number of nitrogens with two attached hydrogens (primary N) is 2. The van der Waals surface area contributed by atoms with Crippen molar-refractivity contribution in [2.24, 2.45) is 5.73 Å². The zero-order valence-electron chi connectivity index (χ0n) is 18.6. The van der Waals surface area contributed by atoms with Crippen molar-refractivity contribution in [1.82, 2.24) is 14.8 Å². The molecule has 2 fully saturated rings. The summed E-state index contributed by atoms with van der Waals surface area (Å²) in [6.07, 6.45) is 4.39. The van der Waals surface area contributed by atoms with E-state index in [1.165, 1.54) is 24.8 Å². The van der Waals surface area contributed by atoms with Gasteiger partial charge in [0.05, 0.1) is 32.9 Å². The first-order valence-corrected chi connectivity index (χ1v) is 11.9. The van der Waals surface area contributed by atoms with Gasteiger partial charge in [-0.3, -0.25) is 4.48 Å². The molecule has 0 aliphatic carbocycles. The Hall–Kier alpha value is -2.43. The number of aryl methyl sites for hydroxylation is 1. The maximum absolute atomic E-state index is 6.14. The number of likely N-dealkylation sites (tertiary alicyclic amines) is 1. The number of nitrogen functional groups attached to an aromatic ring is 1. The van der Waals surface area contributed by atoms with E-state index in [1.54, 1.807) is 4.68 Å². The van der Waals surface area contributed by atoms with Crippen molar-refractivity contribution in [2.75, 3.05) is 56.6 Å². The number of morpholine rings is 1. The van der Waals surface area contributed by atoms with E-state index in [-0.39, 0.29) is 0 Å². The maximum atomic E-state index is 6.14. The molecule has 0 spiro atoms. The lowest BCUT2D eigenvalue weighted by Crippen LogP contribution is -2.57. The molecule has 0 bridgehead atoms. The molecule has 0 saturated carbocycles. The molecule has 0 unspecified atom stereocenters. The monoisotopic (exact) mass is 460 g/mol. The van der Waals surface area contributed by atoms with Crippen LogP contribution in [0.2, 0.25) is 0 Å². The van der Waals surface area contributed by atoms with Crippen molar-refractivity contribution in [3.8, 4) is 5.75 Å². The average Bonchev–Trinajstić information content (AvgIpc) is 3.18. The molecule has 0 radical (unpaired) electrons. The van der Waals surface area contributed by atoms with Gasteiger partial charge in [0, 0.05) is 43.8 Å². The molecule has 2 saturated heterocycles. The summed E-state index contributed by atoms with van der Waals surface area (Å²) in [5, 5.41) is 5.15. The summed E-state index contributed by atoms with van der Waals surface area (Å²) in [6.45, 7) is 7.06. The fourth-order valence-electron chi connectivity index (χ4n) is 4.46. The van der Waals surface area contributed by atoms with Gasteiger partial charge in [0.2, 0.25) is 11.9 Å². The normalized spacial score (nSPS) is 18.4. The van der Waals surface area contributed by atoms with Crippen LogP contribution < -0.4 is 21.1 Å². The van der Waals surface area contributed by atoms with Gasteiger partial charge >= 0.3 is 0 Å². The molecule has 3 heterocycles. The third kappa shape index (κ3) is 5.48. The second-order valence-electron chi connectivity index (χ2n) is 8.59. The van der Waals surface area contributed by atoms with Gasteiger partial charge in [-0.05, 0) is 31.4 Å². The van der Waals surface area contributed by atoms with Crippen molar-refractivity contribution >= 4 is 29.2 Å². The van der Waals surface area contributed by atoms with Crippen LogP contribution in [0.15, 0.2) is 24.3 Å². The standard InChI is InChI=1S/C22H33N7O2S/c23-20-25-22(27-9-14-30-15-10-27)26-28(20)8-5-13-31-19-7-4-6-18(16-19)17-29(21(24)32)11-2-1-3-12-29/h4,6-7,16H,1-3,5,8-15,17H2,(H3-,23,24,25,26,32)/p+1. The van der Waals surface area contributed by atoms with Gasteiger partial charge in [-0.25, -0.2) is 4.68 Å². The number of anilines is 2. The maximum Gasteiger partial charge on any atom is 0.267 e. The van der Waals surface area contributed by atoms with Gasteiger partial charge in [-0.15, -0.1) is 5.10 Å². The number of aromatic nitrogens is 3. The summed E-state index contributed by atoms with van der Waals surface area (Å²) in [7, 11) is 0. The lowest BCUT2D eigenvalue weighted by molar-refractivity contribution is -0.859. The Kier molecular flexibility index (Phi) is 7.44. The van der Waals surface area contributed by atoms with Crippen molar-refractivity contribution in [3.05, 3.63) is 29.8 Å². The predicted octanol–water partition coefficient (Wildman–Crippen LogP) is 1.91. The van der Waals surface area contributed by atoms with Crippen LogP contribution in [0.1, 0.15) is 31.2 Å². The fraction of sp³-hybridized carbons (Fsp3) is 0.591. The van der Waals surface area contributed by atoms with Gasteiger partial charge in [0.25, 0.3) is 5.11 Å². The highest BCUT2D eigenvalue weighted by Crippen LogP contribution is 2.25. The Labute approximate surface area is 194 Å². The van der Waals surface area contributed by atoms with Crippen LogP contribution in [0, 0.1) is 0 Å². The molecule has 174 valence electrons. The second kappa shape index (κ2) is 10.5. The van der Waals surface area contributed by atoms with Gasteiger partial charge in [-0.1, -0.05) is 12.1 Å². The smallest absolute Gasteiger partial charge is 0.267 e. The molecule has 2 aliphatic heterocycles. The lowest BCUT2D eigenvalue weighted by Gasteiger charge is -2.39. The number of nitrogens with zero attached hydrogens (tertiary/aromatic N) is 5. The van der Waals surface area contributed by atoms with E-state index in [4.69, 9.17) is 33.2 Å². The topological polar surface area (TPSA) is 104 Å². The fourth-order valence-corrected chi connectivity index (χ4v) is 4.71. The number of quaternary nitrogens is 1. The van der Waals surface area contributed by atoms with Crippen LogP contribution in [0.3, 0.4) is 0 Å². The number of hydrogen-bond donors (Lipinski definition) is 2. The molecule has 32 heavy (non-hydrogen) atoms. The van der Waals surface area contributed by atoms with E-state index in [2.05, 4.69) is 27.1 Å². The van der Waals surface area contributed by atoms with Gasteiger partial charge in [0.1, 0.15) is 12.3 Å². The van der Waals surface area contributed by atoms with Gasteiger partial charge < -0.3 is 25.8 Å². The number of piperidine rings is 1. The minimum Gasteiger partial charge on any atom is -0.494 e. The molecule has 1 aromatic heterocycles. The highest BCUT2D eigenvalue weighted by molar-refractivity contribution is 7.79. The van der Waals surface area contributed by atoms with Crippen molar-refractivity contribution < 1.29 is 14.0 Å². The van der Waals surface area contributed by atoms with Crippen LogP contribution in [-0.4, -0.2) is 70.4 Å². The molecule has 4 rings (SSSR count). The minimum absolute atomic E-state index is 0.432. The van der Waals surface area contributed by atoms with Gasteiger partial charge in [0.15, 0.2) is 0 Å². The first-order chi connectivity index (χ1) is 15.6. The molecule has 2 aromatic rings. The number of thiocarbonyl (C=S) groups is 1. The Morgan fingerprint density at radius 3 is 2.72 bits per heavy atom. The molecule has 9 nitrogen and oxygen atoms in total. The van der Waals surface area contributed by atoms with Crippen LogP contribution >= 0.6 is 12.2 Å². The first kappa shape index (κ1) is 22.8. The highest BCUT2D eigenvalue weighted by Gasteiger charge is 2.33. The van der Waals surface area contributed by atoms with E-state index in [9.17, 15) is 0 Å². The number of benzene rings is 1. The van der Waals surface area contributed by atoms with Crippen LogP contribution in [0.25, 0.3) is 0 Å². The molecule has 2 aliphatic rings. The summed E-state index contributed by atoms with van der Waals surface area (Å²) in [6, 6.07) is 8.26. The predicted molar refractivity (Wildman–Crippen MR) is 128 cm³/mol. The molecule has 0 amide bonds. The average molecular weight is 461 g/mol. The van der Waals surface area contributed by atoms with E-state index in [0.29, 0.717) is 47.9 Å². The minimum atomic E-state index is 0.432. The van der Waals surface area contributed by atoms with E-state index >= 15 is 0 Å². The van der Waals surface area contributed by atoms with Crippen LogP contribution in [0.4, 0.5) is 11.9 Å². The highest BCUT2D eigenvalue weighted by atomic mass is 32.1. The number of ether oxygens (including phenoxy) is 2. The molecule has 0 atom stereocenters. The van der Waals surface area contributed by atoms with E-state index in [1.807, 2.05) is 12.1 Å². The molecule has 1 aromatic carbocycles. The summed E-state index contributed by atoms with van der Waals surface area (Å²) in [5.74, 6) is 1.97. The third-order valence-corrected chi connectivity index (χ3v) is 6.68. The summed E-state index contributed by atoms with van der Waals surface area (Å²) in [4.78, 5) is 6.50. The zero-order chi connectivity index (χ0) is 22.4. The molecular formula is C22H34N7O2S+. The second-order valence-corrected chi connectivity index (χ2v) is 9.01. The third-order valence-electron chi connectivity index (χ3n) is 6.29. The van der Waals surface area contributed by atoms with Crippen LogP contribution in [0.5, 0.6) is 5.75 Å². The molecule has 10 heteroatoms. The largest absolute Gasteiger partial charge is 0.494 e. The Morgan fingerprint density at radius 1 is 1.19 bits per heavy atom. The molecular weight excluding hydrogens is 426 g/mol. The lowest BCUT2D eigenvalue weighted by atomic mass is 10.1. The first-order valence-electron chi connectivity index (χ1n) is 11.5. The van der Waals surface area contributed by atoms with Crippen LogP contribution in [-0.2, 0) is 17.8 Å². The van der Waals surface area contributed by atoms with E-state index < -0.39 is 0 Å². The Morgan fingerprint density at radius 2 is 1.97 bits per heavy atom. The number of hydrogen-bond acceptors (Lipinski definition) is 7. The summed E-state index contributed by atoms with van der Waals surface area (Å²) < 4.78 is 13.8. The summed E-state index contributed by atoms with van der Waals surface area (Å²) >= 11 is 5.43. The van der Waals surface area contributed by atoms with Crippen molar-refractivity contribution in [1.29, 1.82) is 0 Å². The van der Waals surface area contributed by atoms with Crippen molar-refractivity contribution in [2.45, 2.75) is 38.8 Å². The molecule has 4 N–H and O–H groups in total. The Balaban J connectivity index is 1.28. The zero-order valence-corrected chi connectivity index (χ0v) is 19.4.